The molecule has 4 N–H and O–H groups in total. The minimum Gasteiger partial charge on any atom is -0.478 e. The van der Waals surface area contributed by atoms with Crippen LogP contribution in [0.2, 0.25) is 0 Å². The molecular formula is C11H17NO4. The monoisotopic (exact) mass is 227 g/mol. The molecule has 0 saturated carbocycles. The molecule has 90 valence electrons. The molecule has 5 heteroatoms. The smallest absolute Gasteiger partial charge is 0.335 e. The molecule has 0 aromatic heterocycles. The van der Waals surface area contributed by atoms with Crippen LogP contribution in [0.1, 0.15) is 24.2 Å². The molecule has 0 aliphatic carbocycles. The summed E-state index contributed by atoms with van der Waals surface area (Å²) in [6, 6.07) is 8.30. The number of carboxylic acid groups (broad SMARTS) is 1. The van der Waals surface area contributed by atoms with Crippen LogP contribution >= 0.6 is 0 Å². The Kier molecular flexibility index (Phi) is 7.11. The molecule has 16 heavy (non-hydrogen) atoms. The van der Waals surface area contributed by atoms with Gasteiger partial charge in [0, 0.05) is 0 Å². The highest BCUT2D eigenvalue weighted by Crippen LogP contribution is 1.96. The Labute approximate surface area is 94.4 Å². The number of carboxylic acids is 1. The number of aliphatic hydroxyl groups excluding tert-OH is 2. The zero-order valence-electron chi connectivity index (χ0n) is 9.29. The molecule has 1 aromatic rings. The minimum absolute atomic E-state index is 0.331. The zero-order chi connectivity index (χ0) is 12.6. The summed E-state index contributed by atoms with van der Waals surface area (Å²) in [7, 11) is 0. The summed E-state index contributed by atoms with van der Waals surface area (Å²) >= 11 is 0. The van der Waals surface area contributed by atoms with Crippen LogP contribution in [0.4, 0.5) is 0 Å². The molecule has 2 unspecified atom stereocenters. The third-order valence-electron chi connectivity index (χ3n) is 1.50. The number of aromatic carboxylic acids is 1. The van der Waals surface area contributed by atoms with Crippen molar-refractivity contribution >= 4 is 5.97 Å². The van der Waals surface area contributed by atoms with Crippen LogP contribution in [0, 0.1) is 0 Å². The van der Waals surface area contributed by atoms with Gasteiger partial charge in [-0.25, -0.2) is 4.79 Å². The van der Waals surface area contributed by atoms with E-state index in [1.807, 2.05) is 0 Å². The molecule has 1 rings (SSSR count). The largest absolute Gasteiger partial charge is 0.478 e. The van der Waals surface area contributed by atoms with E-state index in [2.05, 4.69) is 5.32 Å². The van der Waals surface area contributed by atoms with Crippen LogP contribution in [0.25, 0.3) is 0 Å². The summed E-state index contributed by atoms with van der Waals surface area (Å²) in [6.45, 7) is 3.10. The normalized spacial score (nSPS) is 13.2. The molecule has 2 atom stereocenters. The van der Waals surface area contributed by atoms with Crippen LogP contribution in [0.3, 0.4) is 0 Å². The lowest BCUT2D eigenvalue weighted by Gasteiger charge is -2.08. The van der Waals surface area contributed by atoms with Gasteiger partial charge < -0.3 is 15.3 Å². The van der Waals surface area contributed by atoms with E-state index in [1.54, 1.807) is 44.2 Å². The van der Waals surface area contributed by atoms with Gasteiger partial charge in [-0.2, -0.15) is 0 Å². The summed E-state index contributed by atoms with van der Waals surface area (Å²) in [5.41, 5.74) is 0.331. The predicted molar refractivity (Wildman–Crippen MR) is 59.9 cm³/mol. The maximum absolute atomic E-state index is 10.2. The van der Waals surface area contributed by atoms with Crippen LogP contribution in [0.15, 0.2) is 30.3 Å². The average molecular weight is 227 g/mol. The number of benzene rings is 1. The second kappa shape index (κ2) is 7.81. The molecule has 1 aromatic carbocycles. The number of aliphatic hydroxyl groups is 2. The Hall–Kier alpha value is -1.43. The molecular weight excluding hydrogens is 210 g/mol. The number of carbonyl (C=O) groups is 1. The lowest BCUT2D eigenvalue weighted by molar-refractivity contribution is 0.0631. The summed E-state index contributed by atoms with van der Waals surface area (Å²) in [5, 5.41) is 27.7. The molecule has 0 heterocycles. The van der Waals surface area contributed by atoms with Crippen molar-refractivity contribution in [3.05, 3.63) is 35.9 Å². The lowest BCUT2D eigenvalue weighted by atomic mass is 10.2. The van der Waals surface area contributed by atoms with E-state index in [0.717, 1.165) is 0 Å². The van der Waals surface area contributed by atoms with E-state index in [1.165, 1.54) is 0 Å². The van der Waals surface area contributed by atoms with Gasteiger partial charge in [0.05, 0.1) is 5.56 Å². The Balaban J connectivity index is 0.000000293. The Morgan fingerprint density at radius 3 is 1.75 bits per heavy atom. The molecule has 0 amide bonds. The molecule has 0 radical (unpaired) electrons. The third kappa shape index (κ3) is 7.93. The van der Waals surface area contributed by atoms with E-state index < -0.39 is 18.4 Å². The van der Waals surface area contributed by atoms with Gasteiger partial charge in [0.2, 0.25) is 0 Å². The van der Waals surface area contributed by atoms with Crippen molar-refractivity contribution in [3.8, 4) is 0 Å². The van der Waals surface area contributed by atoms with Crippen molar-refractivity contribution in [1.82, 2.24) is 5.32 Å². The van der Waals surface area contributed by atoms with E-state index in [0.29, 0.717) is 5.56 Å². The number of rotatable bonds is 3. The number of nitrogens with one attached hydrogen (secondary N) is 1. The van der Waals surface area contributed by atoms with Gasteiger partial charge in [0.15, 0.2) is 0 Å². The minimum atomic E-state index is -0.879. The van der Waals surface area contributed by atoms with Crippen molar-refractivity contribution in [3.63, 3.8) is 0 Å². The van der Waals surface area contributed by atoms with Crippen molar-refractivity contribution in [2.24, 2.45) is 0 Å². The van der Waals surface area contributed by atoms with Gasteiger partial charge in [-0.05, 0) is 26.0 Å². The third-order valence-corrected chi connectivity index (χ3v) is 1.50. The van der Waals surface area contributed by atoms with Gasteiger partial charge in [0.25, 0.3) is 0 Å². The second-order valence-corrected chi connectivity index (χ2v) is 3.19. The van der Waals surface area contributed by atoms with Gasteiger partial charge in [-0.3, -0.25) is 5.32 Å². The fourth-order valence-electron chi connectivity index (χ4n) is 0.930. The van der Waals surface area contributed by atoms with E-state index in [9.17, 15) is 4.79 Å². The van der Waals surface area contributed by atoms with Gasteiger partial charge >= 0.3 is 5.97 Å². The Morgan fingerprint density at radius 1 is 1.12 bits per heavy atom. The van der Waals surface area contributed by atoms with E-state index >= 15 is 0 Å². The molecule has 0 bridgehead atoms. The SMILES string of the molecule is CC(O)NC(C)O.O=C(O)c1ccccc1. The molecule has 0 aliphatic rings. The summed E-state index contributed by atoms with van der Waals surface area (Å²) in [5.74, 6) is -0.879. The van der Waals surface area contributed by atoms with Gasteiger partial charge in [-0.1, -0.05) is 18.2 Å². The van der Waals surface area contributed by atoms with E-state index in [-0.39, 0.29) is 0 Å². The highest BCUT2D eigenvalue weighted by Gasteiger charge is 1.96. The molecule has 5 nitrogen and oxygen atoms in total. The van der Waals surface area contributed by atoms with Crippen LogP contribution in [-0.2, 0) is 0 Å². The summed E-state index contributed by atoms with van der Waals surface area (Å²) in [6.07, 6.45) is -1.25. The van der Waals surface area contributed by atoms with Crippen molar-refractivity contribution in [2.45, 2.75) is 26.3 Å². The van der Waals surface area contributed by atoms with Crippen molar-refractivity contribution in [2.75, 3.05) is 0 Å². The molecule has 0 spiro atoms. The maximum Gasteiger partial charge on any atom is 0.335 e. The Bertz CT molecular complexity index is 292. The summed E-state index contributed by atoms with van der Waals surface area (Å²) < 4.78 is 0. The first kappa shape index (κ1) is 14.6. The fraction of sp³-hybridized carbons (Fsp3) is 0.364. The number of hydrogen-bond acceptors (Lipinski definition) is 4. The topological polar surface area (TPSA) is 89.8 Å². The average Bonchev–Trinajstić information content (AvgIpc) is 2.17. The van der Waals surface area contributed by atoms with Gasteiger partial charge in [0.1, 0.15) is 12.5 Å². The predicted octanol–water partition coefficient (Wildman–Crippen LogP) is 0.637. The zero-order valence-corrected chi connectivity index (χ0v) is 9.29. The molecule has 0 saturated heterocycles. The number of hydrogen-bond donors (Lipinski definition) is 4. The quantitative estimate of drug-likeness (QED) is 0.569. The first-order chi connectivity index (χ1) is 7.43. The maximum atomic E-state index is 10.2. The highest BCUT2D eigenvalue weighted by molar-refractivity contribution is 5.87. The van der Waals surface area contributed by atoms with Crippen LogP contribution in [-0.4, -0.2) is 33.7 Å². The van der Waals surface area contributed by atoms with Crippen LogP contribution in [0.5, 0.6) is 0 Å². The Morgan fingerprint density at radius 2 is 1.56 bits per heavy atom. The lowest BCUT2D eigenvalue weighted by Crippen LogP contribution is -2.33. The van der Waals surface area contributed by atoms with E-state index in [4.69, 9.17) is 15.3 Å². The first-order valence-electron chi connectivity index (χ1n) is 4.84. The first-order valence-corrected chi connectivity index (χ1v) is 4.84. The summed E-state index contributed by atoms with van der Waals surface area (Å²) in [4.78, 5) is 10.2. The van der Waals surface area contributed by atoms with Crippen LogP contribution < -0.4 is 5.32 Å². The highest BCUT2D eigenvalue weighted by atomic mass is 16.4. The fourth-order valence-corrected chi connectivity index (χ4v) is 0.930. The molecule has 0 fully saturated rings. The second-order valence-electron chi connectivity index (χ2n) is 3.19. The van der Waals surface area contributed by atoms with Crippen molar-refractivity contribution in [1.29, 1.82) is 0 Å². The van der Waals surface area contributed by atoms with Gasteiger partial charge in [-0.15, -0.1) is 0 Å². The van der Waals surface area contributed by atoms with Crippen molar-refractivity contribution < 1.29 is 20.1 Å². The molecule has 0 aliphatic heterocycles. The standard InChI is InChI=1S/C7H6O2.C4H11NO2/c8-7(9)6-4-2-1-3-5-6;1-3(6)5-4(2)7/h1-5H,(H,8,9);3-7H,1-2H3.